The zero-order valence-corrected chi connectivity index (χ0v) is 11.5. The number of fused-ring (bicyclic) bond motifs is 2. The molecular weight excluding hydrogens is 276 g/mol. The van der Waals surface area contributed by atoms with Gasteiger partial charge in [0.25, 0.3) is 0 Å². The van der Waals surface area contributed by atoms with Gasteiger partial charge in [-0.3, -0.25) is 0 Å². The summed E-state index contributed by atoms with van der Waals surface area (Å²) < 4.78 is 26.4. The maximum absolute atomic E-state index is 11.4. The van der Waals surface area contributed by atoms with E-state index in [0.717, 1.165) is 10.8 Å². The minimum absolute atomic E-state index is 0.0108. The fraction of sp³-hybridized carbons (Fsp3) is 0.267. The fourth-order valence-corrected chi connectivity index (χ4v) is 2.04. The maximum Gasteiger partial charge on any atom is 0.336 e. The van der Waals surface area contributed by atoms with Gasteiger partial charge in [-0.15, -0.1) is 0 Å². The molecule has 6 heteroatoms. The third kappa shape index (κ3) is 2.76. The zero-order chi connectivity index (χ0) is 14.7. The number of ether oxygens (including phenoxy) is 3. The van der Waals surface area contributed by atoms with E-state index in [1.165, 1.54) is 6.07 Å². The second-order valence-electron chi connectivity index (χ2n) is 4.38. The number of hydrogen-bond donors (Lipinski definition) is 0. The van der Waals surface area contributed by atoms with Gasteiger partial charge in [-0.05, 0) is 18.2 Å². The lowest BCUT2D eigenvalue weighted by atomic mass is 10.1. The summed E-state index contributed by atoms with van der Waals surface area (Å²) in [6.45, 7) is 0.896. The first-order valence-corrected chi connectivity index (χ1v) is 6.43. The predicted octanol–water partition coefficient (Wildman–Crippen LogP) is 2.54. The Bertz CT molecular complexity index is 801. The van der Waals surface area contributed by atoms with Crippen molar-refractivity contribution in [1.29, 1.82) is 0 Å². The highest BCUT2D eigenvalue weighted by Crippen LogP contribution is 2.34. The molecule has 0 fully saturated rings. The first kappa shape index (κ1) is 13.7. The third-order valence-corrected chi connectivity index (χ3v) is 3.00. The fourth-order valence-electron chi connectivity index (χ4n) is 2.04. The summed E-state index contributed by atoms with van der Waals surface area (Å²) >= 11 is 0. The first-order valence-electron chi connectivity index (χ1n) is 6.43. The molecule has 0 saturated carbocycles. The summed E-state index contributed by atoms with van der Waals surface area (Å²) in [5.74, 6) is 0.364. The molecule has 0 N–H and O–H groups in total. The monoisotopic (exact) mass is 290 g/mol. The van der Waals surface area contributed by atoms with E-state index in [1.54, 1.807) is 19.4 Å². The average molecular weight is 290 g/mol. The number of benzene rings is 1. The van der Waals surface area contributed by atoms with Gasteiger partial charge in [0.2, 0.25) is 5.75 Å². The molecule has 0 atom stereocenters. The van der Waals surface area contributed by atoms with Crippen molar-refractivity contribution in [3.8, 4) is 5.75 Å². The van der Waals surface area contributed by atoms with Gasteiger partial charge in [0.05, 0.1) is 19.5 Å². The van der Waals surface area contributed by atoms with Gasteiger partial charge in [0, 0.05) is 23.9 Å². The first-order chi connectivity index (χ1) is 10.3. The normalized spacial score (nSPS) is 11.3. The van der Waals surface area contributed by atoms with Gasteiger partial charge in [0.15, 0.2) is 18.0 Å². The Kier molecular flexibility index (Phi) is 3.89. The second kappa shape index (κ2) is 5.99. The lowest BCUT2D eigenvalue weighted by molar-refractivity contribution is -0.00796. The summed E-state index contributed by atoms with van der Waals surface area (Å²) in [5.41, 5.74) is 0.422. The molecule has 0 aliphatic carbocycles. The van der Waals surface area contributed by atoms with Gasteiger partial charge >= 0.3 is 5.63 Å². The van der Waals surface area contributed by atoms with Gasteiger partial charge in [0.1, 0.15) is 0 Å². The highest BCUT2D eigenvalue weighted by atomic mass is 16.7. The van der Waals surface area contributed by atoms with Crippen molar-refractivity contribution in [1.82, 2.24) is 0 Å². The Morgan fingerprint density at radius 1 is 1.10 bits per heavy atom. The Hall–Kier alpha value is -2.31. The molecule has 0 aliphatic rings. The van der Waals surface area contributed by atoms with Crippen LogP contribution in [0.3, 0.4) is 0 Å². The number of hydrogen-bond acceptors (Lipinski definition) is 6. The van der Waals surface area contributed by atoms with Crippen molar-refractivity contribution in [3.05, 3.63) is 40.9 Å². The van der Waals surface area contributed by atoms with Crippen molar-refractivity contribution in [3.63, 3.8) is 0 Å². The molecule has 0 saturated heterocycles. The standard InChI is InChI=1S/C15H14O6/c1-17-6-7-18-9-20-15-13-11(4-5-19-13)8-10-2-3-12(16)21-14(10)15/h2-5,8H,6-7,9H2,1H3. The highest BCUT2D eigenvalue weighted by molar-refractivity contribution is 5.99. The van der Waals surface area contributed by atoms with Crippen LogP contribution in [0.1, 0.15) is 0 Å². The summed E-state index contributed by atoms with van der Waals surface area (Å²) in [6.07, 6.45) is 1.56. The van der Waals surface area contributed by atoms with E-state index >= 15 is 0 Å². The number of furan rings is 1. The molecule has 6 nitrogen and oxygen atoms in total. The molecule has 3 rings (SSSR count). The van der Waals surface area contributed by atoms with Crippen molar-refractivity contribution in [2.45, 2.75) is 0 Å². The van der Waals surface area contributed by atoms with Crippen LogP contribution < -0.4 is 10.4 Å². The van der Waals surface area contributed by atoms with E-state index in [9.17, 15) is 4.79 Å². The van der Waals surface area contributed by atoms with Crippen LogP contribution in [0.4, 0.5) is 0 Å². The van der Waals surface area contributed by atoms with E-state index < -0.39 is 5.63 Å². The topological polar surface area (TPSA) is 71.0 Å². The van der Waals surface area contributed by atoms with Crippen molar-refractivity contribution >= 4 is 21.9 Å². The predicted molar refractivity (Wildman–Crippen MR) is 75.6 cm³/mol. The van der Waals surface area contributed by atoms with Crippen LogP contribution in [-0.4, -0.2) is 27.1 Å². The molecule has 1 aromatic carbocycles. The molecule has 0 aliphatic heterocycles. The smallest absolute Gasteiger partial charge is 0.336 e. The molecule has 0 unspecified atom stereocenters. The van der Waals surface area contributed by atoms with E-state index in [1.807, 2.05) is 12.1 Å². The van der Waals surface area contributed by atoms with E-state index in [-0.39, 0.29) is 6.79 Å². The minimum atomic E-state index is -0.446. The minimum Gasteiger partial charge on any atom is -0.460 e. The Balaban J connectivity index is 1.97. The summed E-state index contributed by atoms with van der Waals surface area (Å²) in [6, 6.07) is 6.74. The Labute approximate surface area is 119 Å². The molecule has 2 heterocycles. The van der Waals surface area contributed by atoms with E-state index in [2.05, 4.69) is 0 Å². The molecule has 110 valence electrons. The third-order valence-electron chi connectivity index (χ3n) is 3.00. The van der Waals surface area contributed by atoms with Gasteiger partial charge in [-0.2, -0.15) is 0 Å². The summed E-state index contributed by atoms with van der Waals surface area (Å²) in [4.78, 5) is 11.4. The SMILES string of the molecule is COCCOCOc1c2occc2cc2ccc(=O)oc12. The lowest BCUT2D eigenvalue weighted by Gasteiger charge is -2.09. The lowest BCUT2D eigenvalue weighted by Crippen LogP contribution is -2.08. The zero-order valence-electron chi connectivity index (χ0n) is 11.5. The molecule has 2 aromatic heterocycles. The largest absolute Gasteiger partial charge is 0.460 e. The van der Waals surface area contributed by atoms with Crippen LogP contribution in [0.25, 0.3) is 21.9 Å². The van der Waals surface area contributed by atoms with Crippen molar-refractivity contribution < 1.29 is 23.0 Å². The number of methoxy groups -OCH3 is 1. The molecule has 0 spiro atoms. The van der Waals surface area contributed by atoms with Crippen LogP contribution in [0.15, 0.2) is 44.2 Å². The number of rotatable bonds is 6. The molecule has 0 amide bonds. The Morgan fingerprint density at radius 2 is 1.95 bits per heavy atom. The summed E-state index contributed by atoms with van der Waals surface area (Å²) in [7, 11) is 1.59. The molecule has 0 bridgehead atoms. The van der Waals surface area contributed by atoms with Crippen molar-refractivity contribution in [2.75, 3.05) is 27.1 Å². The van der Waals surface area contributed by atoms with Gasteiger partial charge < -0.3 is 23.0 Å². The van der Waals surface area contributed by atoms with Crippen LogP contribution in [0.5, 0.6) is 5.75 Å². The molecular formula is C15H14O6. The van der Waals surface area contributed by atoms with E-state index in [0.29, 0.717) is 30.1 Å². The van der Waals surface area contributed by atoms with Crippen LogP contribution >= 0.6 is 0 Å². The molecule has 21 heavy (non-hydrogen) atoms. The average Bonchev–Trinajstić information content (AvgIpc) is 2.94. The quantitative estimate of drug-likeness (QED) is 0.395. The van der Waals surface area contributed by atoms with Crippen LogP contribution in [-0.2, 0) is 9.47 Å². The van der Waals surface area contributed by atoms with E-state index in [4.69, 9.17) is 23.0 Å². The van der Waals surface area contributed by atoms with Gasteiger partial charge in [-0.1, -0.05) is 0 Å². The highest BCUT2D eigenvalue weighted by Gasteiger charge is 2.14. The maximum atomic E-state index is 11.4. The molecule has 3 aromatic rings. The van der Waals surface area contributed by atoms with Crippen LogP contribution in [0, 0.1) is 0 Å². The van der Waals surface area contributed by atoms with Crippen molar-refractivity contribution in [2.24, 2.45) is 0 Å². The van der Waals surface area contributed by atoms with Crippen LogP contribution in [0.2, 0.25) is 0 Å². The molecule has 0 radical (unpaired) electrons. The summed E-state index contributed by atoms with van der Waals surface area (Å²) in [5, 5.41) is 1.62. The van der Waals surface area contributed by atoms with Gasteiger partial charge in [-0.25, -0.2) is 4.79 Å². The second-order valence-corrected chi connectivity index (χ2v) is 4.38. The Morgan fingerprint density at radius 3 is 2.81 bits per heavy atom.